The molecule has 1 aromatic heterocycles. The van der Waals surface area contributed by atoms with Crippen LogP contribution < -0.4 is 10.6 Å². The van der Waals surface area contributed by atoms with Gasteiger partial charge in [0.05, 0.1) is 5.69 Å². The third-order valence-corrected chi connectivity index (χ3v) is 3.77. The number of hydrogen-bond acceptors (Lipinski definition) is 5. The van der Waals surface area contributed by atoms with Gasteiger partial charge in [0.1, 0.15) is 4.88 Å². The summed E-state index contributed by atoms with van der Waals surface area (Å²) in [6.45, 7) is 4.02. The van der Waals surface area contributed by atoms with Gasteiger partial charge in [0.25, 0.3) is 5.91 Å². The number of amides is 1. The third-order valence-electron chi connectivity index (χ3n) is 3.01. The Bertz CT molecular complexity index is 371. The van der Waals surface area contributed by atoms with Gasteiger partial charge in [-0.2, -0.15) is 0 Å². The number of hydrogen-bond donors (Lipinski definition) is 2. The zero-order valence-electron chi connectivity index (χ0n) is 10.0. The summed E-state index contributed by atoms with van der Waals surface area (Å²) in [6, 6.07) is 0.282. The molecule has 1 unspecified atom stereocenters. The SMILES string of the molecule is CCc1nnsc1C(=O)NC1CCCNCC1. The maximum absolute atomic E-state index is 12.1. The number of carbonyl (C=O) groups excluding carboxylic acids is 1. The molecular formula is C11H18N4OS. The van der Waals surface area contributed by atoms with E-state index in [1.807, 2.05) is 6.92 Å². The molecule has 0 spiro atoms. The Kier molecular flexibility index (Phi) is 4.44. The minimum Gasteiger partial charge on any atom is -0.348 e. The van der Waals surface area contributed by atoms with Crippen LogP contribution in [0, 0.1) is 0 Å². The monoisotopic (exact) mass is 254 g/mol. The average molecular weight is 254 g/mol. The number of carbonyl (C=O) groups is 1. The second-order valence-electron chi connectivity index (χ2n) is 4.25. The lowest BCUT2D eigenvalue weighted by molar-refractivity contribution is 0.0937. The van der Waals surface area contributed by atoms with Gasteiger partial charge < -0.3 is 10.6 Å². The topological polar surface area (TPSA) is 66.9 Å². The van der Waals surface area contributed by atoms with Crippen molar-refractivity contribution in [1.29, 1.82) is 0 Å². The van der Waals surface area contributed by atoms with Crippen LogP contribution in [0.3, 0.4) is 0 Å². The first-order chi connectivity index (χ1) is 8.31. The first-order valence-electron chi connectivity index (χ1n) is 6.14. The van der Waals surface area contributed by atoms with E-state index in [-0.39, 0.29) is 11.9 Å². The molecule has 1 fully saturated rings. The Labute approximate surface area is 105 Å². The Morgan fingerprint density at radius 3 is 3.24 bits per heavy atom. The molecule has 2 N–H and O–H groups in total. The van der Waals surface area contributed by atoms with E-state index in [4.69, 9.17) is 0 Å². The fourth-order valence-electron chi connectivity index (χ4n) is 2.03. The van der Waals surface area contributed by atoms with E-state index in [1.54, 1.807) is 0 Å². The van der Waals surface area contributed by atoms with Crippen molar-refractivity contribution >= 4 is 17.4 Å². The molecule has 1 aliphatic heterocycles. The fraction of sp³-hybridized carbons (Fsp3) is 0.727. The van der Waals surface area contributed by atoms with Crippen molar-refractivity contribution in [3.8, 4) is 0 Å². The van der Waals surface area contributed by atoms with Crippen molar-refractivity contribution in [2.75, 3.05) is 13.1 Å². The second-order valence-corrected chi connectivity index (χ2v) is 5.01. The predicted octanol–water partition coefficient (Wildman–Crippen LogP) is 0.972. The van der Waals surface area contributed by atoms with Crippen LogP contribution in [0.5, 0.6) is 0 Å². The van der Waals surface area contributed by atoms with Crippen molar-refractivity contribution in [2.45, 2.75) is 38.6 Å². The van der Waals surface area contributed by atoms with Gasteiger partial charge in [-0.05, 0) is 50.3 Å². The largest absolute Gasteiger partial charge is 0.348 e. The molecule has 6 heteroatoms. The van der Waals surface area contributed by atoms with Crippen LogP contribution in [0.4, 0.5) is 0 Å². The van der Waals surface area contributed by atoms with Crippen LogP contribution in [-0.2, 0) is 6.42 Å². The minimum absolute atomic E-state index is 0.0104. The van der Waals surface area contributed by atoms with Crippen LogP contribution >= 0.6 is 11.5 Å². The van der Waals surface area contributed by atoms with Crippen molar-refractivity contribution < 1.29 is 4.79 Å². The number of rotatable bonds is 3. The first-order valence-corrected chi connectivity index (χ1v) is 6.91. The Hall–Kier alpha value is -1.01. The average Bonchev–Trinajstić information content (AvgIpc) is 2.68. The number of nitrogens with zero attached hydrogens (tertiary/aromatic N) is 2. The van der Waals surface area contributed by atoms with Gasteiger partial charge in [0.2, 0.25) is 0 Å². The Balaban J connectivity index is 1.96. The summed E-state index contributed by atoms with van der Waals surface area (Å²) in [5, 5.41) is 10.4. The van der Waals surface area contributed by atoms with Crippen LogP contribution in [0.25, 0.3) is 0 Å². The van der Waals surface area contributed by atoms with Crippen LogP contribution in [-0.4, -0.2) is 34.6 Å². The Morgan fingerprint density at radius 1 is 1.53 bits per heavy atom. The van der Waals surface area contributed by atoms with Crippen LogP contribution in [0.1, 0.15) is 41.6 Å². The molecular weight excluding hydrogens is 236 g/mol. The van der Waals surface area contributed by atoms with E-state index < -0.39 is 0 Å². The maximum atomic E-state index is 12.1. The maximum Gasteiger partial charge on any atom is 0.265 e. The van der Waals surface area contributed by atoms with E-state index >= 15 is 0 Å². The van der Waals surface area contributed by atoms with Gasteiger partial charge in [-0.3, -0.25) is 4.79 Å². The van der Waals surface area contributed by atoms with Crippen molar-refractivity contribution in [2.24, 2.45) is 0 Å². The summed E-state index contributed by atoms with van der Waals surface area (Å²) in [5.74, 6) is -0.0104. The van der Waals surface area contributed by atoms with Gasteiger partial charge in [-0.15, -0.1) is 5.10 Å². The molecule has 1 atom stereocenters. The highest BCUT2D eigenvalue weighted by molar-refractivity contribution is 7.08. The molecule has 0 radical (unpaired) electrons. The molecule has 17 heavy (non-hydrogen) atoms. The molecule has 1 saturated heterocycles. The molecule has 2 heterocycles. The highest BCUT2D eigenvalue weighted by Crippen LogP contribution is 2.13. The standard InChI is InChI=1S/C11H18N4OS/c1-2-9-10(17-15-14-9)11(16)13-8-4-3-6-12-7-5-8/h8,12H,2-7H2,1H3,(H,13,16). The number of nitrogens with one attached hydrogen (secondary N) is 2. The summed E-state index contributed by atoms with van der Waals surface area (Å²) in [5.41, 5.74) is 0.805. The van der Waals surface area contributed by atoms with E-state index in [0.29, 0.717) is 4.88 Å². The molecule has 1 aromatic rings. The molecule has 0 aliphatic carbocycles. The molecule has 94 valence electrons. The highest BCUT2D eigenvalue weighted by Gasteiger charge is 2.19. The summed E-state index contributed by atoms with van der Waals surface area (Å²) in [7, 11) is 0. The van der Waals surface area contributed by atoms with Crippen LogP contribution in [0.15, 0.2) is 0 Å². The number of aryl methyl sites for hydroxylation is 1. The summed E-state index contributed by atoms with van der Waals surface area (Å²) in [4.78, 5) is 12.7. The molecule has 5 nitrogen and oxygen atoms in total. The molecule has 0 aromatic carbocycles. The third kappa shape index (κ3) is 3.23. The van der Waals surface area contributed by atoms with E-state index in [0.717, 1.165) is 44.5 Å². The minimum atomic E-state index is -0.0104. The lowest BCUT2D eigenvalue weighted by Gasteiger charge is -2.15. The van der Waals surface area contributed by atoms with Gasteiger partial charge in [-0.25, -0.2) is 0 Å². The summed E-state index contributed by atoms with van der Waals surface area (Å²) >= 11 is 1.19. The Morgan fingerprint density at radius 2 is 2.41 bits per heavy atom. The van der Waals surface area contributed by atoms with Gasteiger partial charge in [0.15, 0.2) is 0 Å². The lowest BCUT2D eigenvalue weighted by Crippen LogP contribution is -2.35. The summed E-state index contributed by atoms with van der Waals surface area (Å²) in [6.07, 6.45) is 3.92. The molecule has 1 amide bonds. The fourth-order valence-corrected chi connectivity index (χ4v) is 2.68. The van der Waals surface area contributed by atoms with Crippen molar-refractivity contribution in [1.82, 2.24) is 20.2 Å². The first kappa shape index (κ1) is 12.4. The number of aromatic nitrogens is 2. The van der Waals surface area contributed by atoms with Gasteiger partial charge >= 0.3 is 0 Å². The van der Waals surface area contributed by atoms with Crippen molar-refractivity contribution in [3.63, 3.8) is 0 Å². The van der Waals surface area contributed by atoms with E-state index in [9.17, 15) is 4.79 Å². The van der Waals surface area contributed by atoms with Gasteiger partial charge in [-0.1, -0.05) is 11.4 Å². The normalized spacial score (nSPS) is 20.9. The van der Waals surface area contributed by atoms with Crippen LogP contribution in [0.2, 0.25) is 0 Å². The van der Waals surface area contributed by atoms with E-state index in [1.165, 1.54) is 11.5 Å². The van der Waals surface area contributed by atoms with Gasteiger partial charge in [0, 0.05) is 6.04 Å². The zero-order valence-corrected chi connectivity index (χ0v) is 10.8. The summed E-state index contributed by atoms with van der Waals surface area (Å²) < 4.78 is 3.84. The highest BCUT2D eigenvalue weighted by atomic mass is 32.1. The molecule has 0 bridgehead atoms. The smallest absolute Gasteiger partial charge is 0.265 e. The quantitative estimate of drug-likeness (QED) is 0.843. The molecule has 1 aliphatic rings. The molecule has 0 saturated carbocycles. The molecule has 2 rings (SSSR count). The zero-order chi connectivity index (χ0) is 12.1. The predicted molar refractivity (Wildman–Crippen MR) is 67.3 cm³/mol. The van der Waals surface area contributed by atoms with Crippen molar-refractivity contribution in [3.05, 3.63) is 10.6 Å². The lowest BCUT2D eigenvalue weighted by atomic mass is 10.1. The second kappa shape index (κ2) is 6.07. The van der Waals surface area contributed by atoms with E-state index in [2.05, 4.69) is 20.2 Å².